The third-order valence-corrected chi connectivity index (χ3v) is 9.61. The van der Waals surface area contributed by atoms with Crippen molar-refractivity contribution < 1.29 is 33.8 Å². The number of aliphatic hydroxyl groups excluding tert-OH is 1. The van der Waals surface area contributed by atoms with Gasteiger partial charge in [-0.05, 0) is 44.2 Å². The number of likely N-dealkylation sites (tertiary alicyclic amines) is 1. The van der Waals surface area contributed by atoms with Crippen molar-refractivity contribution in [3.63, 3.8) is 0 Å². The van der Waals surface area contributed by atoms with Crippen molar-refractivity contribution in [2.45, 2.75) is 82.8 Å². The molecule has 0 aliphatic carbocycles. The lowest BCUT2D eigenvalue weighted by Crippen LogP contribution is -2.60. The van der Waals surface area contributed by atoms with Gasteiger partial charge in [0, 0.05) is 13.0 Å². The summed E-state index contributed by atoms with van der Waals surface area (Å²) in [5, 5.41) is 13.7. The van der Waals surface area contributed by atoms with Gasteiger partial charge < -0.3 is 29.7 Å². The number of nitrogens with zero attached hydrogens (tertiary/aromatic N) is 2. The molecule has 0 radical (unpaired) electrons. The first-order valence-electron chi connectivity index (χ1n) is 15.4. The minimum absolute atomic E-state index is 0.117. The van der Waals surface area contributed by atoms with Crippen LogP contribution >= 0.6 is 11.6 Å². The van der Waals surface area contributed by atoms with Gasteiger partial charge in [0.1, 0.15) is 17.7 Å². The number of carbonyl (C=O) groups excluding carboxylic acids is 4. The Morgan fingerprint density at radius 2 is 2.00 bits per heavy atom. The lowest BCUT2D eigenvalue weighted by atomic mass is 9.70. The van der Waals surface area contributed by atoms with E-state index >= 15 is 0 Å². The molecule has 0 aromatic heterocycles. The van der Waals surface area contributed by atoms with Crippen LogP contribution in [0.1, 0.15) is 52.9 Å². The fourth-order valence-electron chi connectivity index (χ4n) is 6.96. The molecule has 1 spiro atoms. The SMILES string of the molecule is C=CCCC(=O)NC[C@H](C)OC(=O)[C@@H]1[C@@H]2CC[C@]3(O2)[C@H](C(=O)N(CC=C)c2ccccc2Cl)N([C@@H](CO)[C@@H](C)CC)C(=O)[C@@H]13. The molecule has 240 valence electrons. The number of fused-ring (bicyclic) bond motifs is 1. The highest BCUT2D eigenvalue weighted by Crippen LogP contribution is 2.59. The van der Waals surface area contributed by atoms with Crippen molar-refractivity contribution in [2.24, 2.45) is 17.8 Å². The van der Waals surface area contributed by atoms with E-state index in [2.05, 4.69) is 18.5 Å². The normalized spacial score (nSPS) is 27.3. The fourth-order valence-corrected chi connectivity index (χ4v) is 7.20. The second kappa shape index (κ2) is 14.3. The number of allylic oxidation sites excluding steroid dienone is 1. The average molecular weight is 630 g/mol. The lowest BCUT2D eigenvalue weighted by Gasteiger charge is -2.41. The van der Waals surface area contributed by atoms with Crippen molar-refractivity contribution in [3.8, 4) is 0 Å². The van der Waals surface area contributed by atoms with E-state index in [1.807, 2.05) is 13.8 Å². The first-order chi connectivity index (χ1) is 21.1. The first-order valence-corrected chi connectivity index (χ1v) is 15.8. The lowest BCUT2D eigenvalue weighted by molar-refractivity contribution is -0.160. The number of ether oxygens (including phenoxy) is 2. The number of anilines is 1. The zero-order valence-electron chi connectivity index (χ0n) is 25.7. The molecule has 8 atom stereocenters. The topological polar surface area (TPSA) is 125 Å². The molecule has 11 heteroatoms. The van der Waals surface area contributed by atoms with E-state index in [0.717, 1.165) is 0 Å². The van der Waals surface area contributed by atoms with E-state index in [1.165, 1.54) is 9.80 Å². The van der Waals surface area contributed by atoms with Crippen molar-refractivity contribution in [2.75, 3.05) is 24.6 Å². The van der Waals surface area contributed by atoms with Crippen molar-refractivity contribution in [1.29, 1.82) is 0 Å². The van der Waals surface area contributed by atoms with Gasteiger partial charge in [-0.2, -0.15) is 0 Å². The number of halogens is 1. The van der Waals surface area contributed by atoms with E-state index in [0.29, 0.717) is 36.4 Å². The molecule has 3 saturated heterocycles. The second-order valence-electron chi connectivity index (χ2n) is 12.0. The van der Waals surface area contributed by atoms with Gasteiger partial charge in [0.05, 0.1) is 47.8 Å². The first kappa shape index (κ1) is 33.7. The van der Waals surface area contributed by atoms with Crippen molar-refractivity contribution in [1.82, 2.24) is 10.2 Å². The molecule has 4 rings (SSSR count). The maximum atomic E-state index is 14.7. The van der Waals surface area contributed by atoms with Crippen LogP contribution in [-0.4, -0.2) is 83.3 Å². The summed E-state index contributed by atoms with van der Waals surface area (Å²) in [6.45, 7) is 12.9. The summed E-state index contributed by atoms with van der Waals surface area (Å²) >= 11 is 6.53. The van der Waals surface area contributed by atoms with Crippen LogP contribution in [0, 0.1) is 17.8 Å². The predicted molar refractivity (Wildman–Crippen MR) is 167 cm³/mol. The van der Waals surface area contributed by atoms with Gasteiger partial charge in [0.2, 0.25) is 11.8 Å². The van der Waals surface area contributed by atoms with Crippen LogP contribution in [0.2, 0.25) is 5.02 Å². The quantitative estimate of drug-likeness (QED) is 0.224. The van der Waals surface area contributed by atoms with Gasteiger partial charge in [-0.25, -0.2) is 0 Å². The Morgan fingerprint density at radius 1 is 1.27 bits per heavy atom. The highest BCUT2D eigenvalue weighted by atomic mass is 35.5. The van der Waals surface area contributed by atoms with Crippen LogP contribution in [-0.2, 0) is 28.7 Å². The number of para-hydroxylation sites is 1. The van der Waals surface area contributed by atoms with Gasteiger partial charge >= 0.3 is 5.97 Å². The summed E-state index contributed by atoms with van der Waals surface area (Å²) in [5.74, 6) is -3.65. The Bertz CT molecular complexity index is 1270. The Labute approximate surface area is 264 Å². The van der Waals surface area contributed by atoms with E-state index in [9.17, 15) is 24.3 Å². The number of hydrogen-bond donors (Lipinski definition) is 2. The minimum atomic E-state index is -1.29. The summed E-state index contributed by atoms with van der Waals surface area (Å²) < 4.78 is 12.3. The summed E-state index contributed by atoms with van der Waals surface area (Å²) in [6, 6.07) is 5.16. The average Bonchev–Trinajstić information content (AvgIpc) is 3.65. The largest absolute Gasteiger partial charge is 0.460 e. The van der Waals surface area contributed by atoms with Crippen LogP contribution in [0.15, 0.2) is 49.6 Å². The number of hydrogen-bond acceptors (Lipinski definition) is 7. The maximum absolute atomic E-state index is 14.7. The molecule has 3 aliphatic rings. The fraction of sp³-hybridized carbons (Fsp3) is 0.576. The van der Waals surface area contributed by atoms with Gasteiger partial charge in [0.25, 0.3) is 5.91 Å². The molecule has 3 amide bonds. The number of amides is 3. The van der Waals surface area contributed by atoms with Gasteiger partial charge in [0.15, 0.2) is 0 Å². The van der Waals surface area contributed by atoms with Crippen LogP contribution in [0.4, 0.5) is 5.69 Å². The number of benzene rings is 1. The molecule has 0 unspecified atom stereocenters. The smallest absolute Gasteiger partial charge is 0.312 e. The van der Waals surface area contributed by atoms with Gasteiger partial charge in [-0.15, -0.1) is 13.2 Å². The molecule has 44 heavy (non-hydrogen) atoms. The van der Waals surface area contributed by atoms with Crippen LogP contribution in [0.3, 0.4) is 0 Å². The summed E-state index contributed by atoms with van der Waals surface area (Å²) in [5.41, 5.74) is -0.825. The zero-order valence-corrected chi connectivity index (χ0v) is 26.5. The molecule has 2 N–H and O–H groups in total. The number of esters is 1. The molecule has 3 aliphatic heterocycles. The predicted octanol–water partition coefficient (Wildman–Crippen LogP) is 3.65. The summed E-state index contributed by atoms with van der Waals surface area (Å²) in [6.07, 6.45) is 4.32. The standard InChI is InChI=1S/C33H44ClN3O7/c1-6-9-14-26(39)35-18-21(5)43-32(42)27-25-15-16-33(44-25)28(27)30(40)37(24(19-38)20(4)8-3)29(33)31(41)36(17-7-2)23-13-11-10-12-22(23)34/h6-7,10-13,20-21,24-25,27-29,38H,1-2,8-9,14-19H2,3-5H3,(H,35,39)/t20-,21-,24-,25-,27+,28+,29-,33+/m0/s1. The molecule has 3 fully saturated rings. The number of rotatable bonds is 15. The van der Waals surface area contributed by atoms with Gasteiger partial charge in [-0.3, -0.25) is 19.2 Å². The Kier molecular flexibility index (Phi) is 10.9. The number of carbonyl (C=O) groups is 4. The highest BCUT2D eigenvalue weighted by molar-refractivity contribution is 6.34. The molecule has 2 bridgehead atoms. The summed E-state index contributed by atoms with van der Waals surface area (Å²) in [7, 11) is 0. The molecular weight excluding hydrogens is 586 g/mol. The summed E-state index contributed by atoms with van der Waals surface area (Å²) in [4.78, 5) is 57.8. The Morgan fingerprint density at radius 3 is 2.64 bits per heavy atom. The Hall–Kier alpha value is -3.21. The van der Waals surface area contributed by atoms with E-state index < -0.39 is 59.5 Å². The van der Waals surface area contributed by atoms with Crippen molar-refractivity contribution >= 4 is 41.0 Å². The third kappa shape index (κ3) is 6.17. The molecular formula is C33H44ClN3O7. The number of nitrogens with one attached hydrogen (secondary N) is 1. The van der Waals surface area contributed by atoms with Crippen LogP contribution in [0.25, 0.3) is 0 Å². The molecule has 1 aromatic carbocycles. The zero-order chi connectivity index (χ0) is 32.2. The molecule has 0 saturated carbocycles. The van der Waals surface area contributed by atoms with Crippen molar-refractivity contribution in [3.05, 3.63) is 54.6 Å². The monoisotopic (exact) mass is 629 g/mol. The Balaban J connectivity index is 1.68. The number of aliphatic hydroxyl groups is 1. The van der Waals surface area contributed by atoms with E-state index in [-0.39, 0.29) is 37.9 Å². The minimum Gasteiger partial charge on any atom is -0.460 e. The maximum Gasteiger partial charge on any atom is 0.312 e. The van der Waals surface area contributed by atoms with Crippen LogP contribution < -0.4 is 10.2 Å². The molecule has 10 nitrogen and oxygen atoms in total. The second-order valence-corrected chi connectivity index (χ2v) is 12.4. The van der Waals surface area contributed by atoms with Gasteiger partial charge in [-0.1, -0.05) is 56.2 Å². The molecule has 1 aromatic rings. The molecule has 3 heterocycles. The third-order valence-electron chi connectivity index (χ3n) is 9.29. The van der Waals surface area contributed by atoms with Crippen LogP contribution in [0.5, 0.6) is 0 Å². The van der Waals surface area contributed by atoms with E-state index in [1.54, 1.807) is 43.3 Å². The highest BCUT2D eigenvalue weighted by Gasteiger charge is 2.76. The van der Waals surface area contributed by atoms with E-state index in [4.69, 9.17) is 21.1 Å².